The Morgan fingerprint density at radius 2 is 0.931 bits per heavy atom. The van der Waals surface area contributed by atoms with Gasteiger partial charge < -0.3 is 5.73 Å². The second kappa shape index (κ2) is 8.20. The number of hydrogen-bond donors (Lipinski definition) is 1. The van der Waals surface area contributed by atoms with Gasteiger partial charge in [-0.1, -0.05) is 108 Å². The van der Waals surface area contributed by atoms with Gasteiger partial charge in [0.2, 0.25) is 0 Å². The van der Waals surface area contributed by atoms with E-state index in [4.69, 9.17) is 5.73 Å². The van der Waals surface area contributed by atoms with Crippen LogP contribution in [0.15, 0.2) is 103 Å². The Hall–Kier alpha value is -3.58. The summed E-state index contributed by atoms with van der Waals surface area (Å²) in [5, 5.41) is 0. The van der Waals surface area contributed by atoms with E-state index in [1.165, 1.54) is 27.8 Å². The van der Waals surface area contributed by atoms with E-state index in [1.54, 1.807) is 0 Å². The van der Waals surface area contributed by atoms with E-state index in [1.807, 2.05) is 18.2 Å². The van der Waals surface area contributed by atoms with Crippen molar-refractivity contribution in [3.63, 3.8) is 0 Å². The summed E-state index contributed by atoms with van der Waals surface area (Å²) in [5.74, 6) is 0. The van der Waals surface area contributed by atoms with Crippen molar-refractivity contribution in [1.82, 2.24) is 0 Å². The molecule has 2 N–H and O–H groups in total. The Morgan fingerprint density at radius 1 is 0.483 bits per heavy atom. The summed E-state index contributed by atoms with van der Waals surface area (Å²) in [4.78, 5) is 0. The largest absolute Gasteiger partial charge is 0.398 e. The zero-order chi connectivity index (χ0) is 20.2. The Labute approximate surface area is 173 Å². The first kappa shape index (κ1) is 18.8. The van der Waals surface area contributed by atoms with Gasteiger partial charge in [-0.25, -0.2) is 0 Å². The van der Waals surface area contributed by atoms with Gasteiger partial charge in [-0.15, -0.1) is 0 Å². The molecule has 0 atom stereocenters. The van der Waals surface area contributed by atoms with Gasteiger partial charge in [0, 0.05) is 11.3 Å². The summed E-state index contributed by atoms with van der Waals surface area (Å²) in [5.41, 5.74) is 16.7. The molecule has 0 heterocycles. The Morgan fingerprint density at radius 3 is 1.45 bits per heavy atom. The van der Waals surface area contributed by atoms with E-state index in [9.17, 15) is 0 Å². The molecule has 29 heavy (non-hydrogen) atoms. The van der Waals surface area contributed by atoms with Crippen molar-refractivity contribution in [1.29, 1.82) is 0 Å². The lowest BCUT2D eigenvalue weighted by Gasteiger charge is -2.19. The third kappa shape index (κ3) is 4.00. The second-order valence-electron chi connectivity index (χ2n) is 7.44. The Balaban J connectivity index is 2.11. The standard InChI is InChI=1S/C28H25N/c1-20-12-16-23(17-13-20)27(24-18-14-21(2)15-19-24)28(22-8-4-3-5-9-22)25-10-6-7-11-26(25)29/h3-19H,29H2,1-2H3. The quantitative estimate of drug-likeness (QED) is 0.305. The van der Waals surface area contributed by atoms with Crippen molar-refractivity contribution in [2.24, 2.45) is 0 Å². The number of para-hydroxylation sites is 1. The van der Waals surface area contributed by atoms with Crippen molar-refractivity contribution in [2.45, 2.75) is 13.8 Å². The topological polar surface area (TPSA) is 26.0 Å². The lowest BCUT2D eigenvalue weighted by atomic mass is 9.85. The molecule has 0 radical (unpaired) electrons. The molecule has 4 aromatic rings. The lowest BCUT2D eigenvalue weighted by Crippen LogP contribution is -2.00. The van der Waals surface area contributed by atoms with Crippen LogP contribution in [0, 0.1) is 13.8 Å². The van der Waals surface area contributed by atoms with Crippen LogP contribution in [0.25, 0.3) is 11.1 Å². The average Bonchev–Trinajstić information content (AvgIpc) is 2.75. The van der Waals surface area contributed by atoms with Gasteiger partial charge in [-0.05, 0) is 47.8 Å². The van der Waals surface area contributed by atoms with Crippen molar-refractivity contribution in [3.05, 3.63) is 137 Å². The minimum Gasteiger partial charge on any atom is -0.398 e. The normalized spacial score (nSPS) is 10.6. The van der Waals surface area contributed by atoms with Crippen LogP contribution in [-0.2, 0) is 0 Å². The van der Waals surface area contributed by atoms with E-state index < -0.39 is 0 Å². The van der Waals surface area contributed by atoms with Crippen LogP contribution >= 0.6 is 0 Å². The third-order valence-electron chi connectivity index (χ3n) is 5.22. The van der Waals surface area contributed by atoms with Gasteiger partial charge >= 0.3 is 0 Å². The van der Waals surface area contributed by atoms with Gasteiger partial charge in [0.05, 0.1) is 0 Å². The number of nitrogen functional groups attached to an aromatic ring is 1. The van der Waals surface area contributed by atoms with Gasteiger partial charge in [0.15, 0.2) is 0 Å². The van der Waals surface area contributed by atoms with E-state index in [0.29, 0.717) is 0 Å². The van der Waals surface area contributed by atoms with Crippen LogP contribution in [0.2, 0.25) is 0 Å². The highest BCUT2D eigenvalue weighted by atomic mass is 14.6. The number of anilines is 1. The van der Waals surface area contributed by atoms with Crippen molar-refractivity contribution >= 4 is 16.8 Å². The molecule has 4 aromatic carbocycles. The van der Waals surface area contributed by atoms with E-state index >= 15 is 0 Å². The van der Waals surface area contributed by atoms with Crippen molar-refractivity contribution in [2.75, 3.05) is 5.73 Å². The highest BCUT2D eigenvalue weighted by Gasteiger charge is 2.17. The minimum absolute atomic E-state index is 0.781. The highest BCUT2D eigenvalue weighted by molar-refractivity contribution is 6.06. The second-order valence-corrected chi connectivity index (χ2v) is 7.44. The fraction of sp³-hybridized carbons (Fsp3) is 0.0714. The molecule has 0 aliphatic heterocycles. The molecule has 1 heteroatoms. The molecule has 0 bridgehead atoms. The predicted molar refractivity (Wildman–Crippen MR) is 125 cm³/mol. The minimum atomic E-state index is 0.781. The zero-order valence-electron chi connectivity index (χ0n) is 16.9. The summed E-state index contributed by atoms with van der Waals surface area (Å²) in [6.07, 6.45) is 0. The molecule has 4 rings (SSSR count). The summed E-state index contributed by atoms with van der Waals surface area (Å²) in [6, 6.07) is 36.1. The zero-order valence-corrected chi connectivity index (χ0v) is 16.9. The van der Waals surface area contributed by atoms with E-state index in [2.05, 4.69) is 98.8 Å². The molecular weight excluding hydrogens is 350 g/mol. The summed E-state index contributed by atoms with van der Waals surface area (Å²) in [7, 11) is 0. The first-order chi connectivity index (χ1) is 14.1. The monoisotopic (exact) mass is 375 g/mol. The maximum atomic E-state index is 6.47. The first-order valence-electron chi connectivity index (χ1n) is 9.92. The van der Waals surface area contributed by atoms with E-state index in [-0.39, 0.29) is 0 Å². The summed E-state index contributed by atoms with van der Waals surface area (Å²) in [6.45, 7) is 4.23. The number of aryl methyl sites for hydroxylation is 2. The number of nitrogens with two attached hydrogens (primary N) is 1. The molecule has 0 aliphatic rings. The van der Waals surface area contributed by atoms with Crippen LogP contribution in [0.4, 0.5) is 5.69 Å². The summed E-state index contributed by atoms with van der Waals surface area (Å²) < 4.78 is 0. The van der Waals surface area contributed by atoms with Gasteiger partial charge in [0.25, 0.3) is 0 Å². The highest BCUT2D eigenvalue weighted by Crippen LogP contribution is 2.38. The fourth-order valence-corrected chi connectivity index (χ4v) is 3.66. The molecule has 0 saturated carbocycles. The molecule has 0 spiro atoms. The SMILES string of the molecule is Cc1ccc(C(=C(c2ccccc2)c2ccccc2N)c2ccc(C)cc2)cc1. The number of hydrogen-bond acceptors (Lipinski definition) is 1. The molecular formula is C28H25N. The van der Waals surface area contributed by atoms with Gasteiger partial charge in [-0.2, -0.15) is 0 Å². The molecule has 0 unspecified atom stereocenters. The fourth-order valence-electron chi connectivity index (χ4n) is 3.66. The molecule has 142 valence electrons. The number of rotatable bonds is 4. The van der Waals surface area contributed by atoms with Crippen molar-refractivity contribution in [3.8, 4) is 0 Å². The van der Waals surface area contributed by atoms with E-state index in [0.717, 1.165) is 22.4 Å². The average molecular weight is 376 g/mol. The Kier molecular flexibility index (Phi) is 5.31. The molecule has 0 amide bonds. The molecule has 0 fully saturated rings. The molecule has 0 saturated heterocycles. The van der Waals surface area contributed by atoms with Crippen molar-refractivity contribution < 1.29 is 0 Å². The third-order valence-corrected chi connectivity index (χ3v) is 5.22. The Bertz CT molecular complexity index is 1090. The predicted octanol–water partition coefficient (Wildman–Crippen LogP) is 6.89. The maximum Gasteiger partial charge on any atom is 0.0394 e. The van der Waals surface area contributed by atoms with Crippen LogP contribution in [0.5, 0.6) is 0 Å². The molecule has 0 aromatic heterocycles. The smallest absolute Gasteiger partial charge is 0.0394 e. The van der Waals surface area contributed by atoms with Crippen LogP contribution < -0.4 is 5.73 Å². The van der Waals surface area contributed by atoms with Crippen LogP contribution in [0.1, 0.15) is 33.4 Å². The van der Waals surface area contributed by atoms with Crippen LogP contribution in [0.3, 0.4) is 0 Å². The maximum absolute atomic E-state index is 6.47. The van der Waals surface area contributed by atoms with Gasteiger partial charge in [0.1, 0.15) is 0 Å². The summed E-state index contributed by atoms with van der Waals surface area (Å²) >= 11 is 0. The van der Waals surface area contributed by atoms with Crippen LogP contribution in [-0.4, -0.2) is 0 Å². The van der Waals surface area contributed by atoms with Gasteiger partial charge in [-0.3, -0.25) is 0 Å². The number of benzene rings is 4. The first-order valence-corrected chi connectivity index (χ1v) is 9.92. The molecule has 1 nitrogen and oxygen atoms in total. The lowest BCUT2D eigenvalue weighted by molar-refractivity contribution is 1.42. The molecule has 0 aliphatic carbocycles.